The summed E-state index contributed by atoms with van der Waals surface area (Å²) >= 11 is 0. The molecule has 0 atom stereocenters. The monoisotopic (exact) mass is 210 g/mol. The smallest absolute Gasteiger partial charge is 0.148 e. The van der Waals surface area contributed by atoms with Gasteiger partial charge in [0.15, 0.2) is 0 Å². The normalized spacial score (nSPS) is 18.3. The van der Waals surface area contributed by atoms with Crippen LogP contribution in [0.5, 0.6) is 0 Å². The second-order valence-electron chi connectivity index (χ2n) is 4.12. The van der Waals surface area contributed by atoms with Crippen molar-refractivity contribution in [1.29, 1.82) is 0 Å². The van der Waals surface area contributed by atoms with Gasteiger partial charge in [-0.3, -0.25) is 0 Å². The molecule has 0 bridgehead atoms. The summed E-state index contributed by atoms with van der Waals surface area (Å²) in [5, 5.41) is 12.4. The van der Waals surface area contributed by atoms with Crippen LogP contribution in [-0.2, 0) is 0 Å². The van der Waals surface area contributed by atoms with E-state index >= 15 is 0 Å². The SMILES string of the molecule is Nc1c(F)cccc1NC1(CO)CCC1. The molecule has 1 aromatic carbocycles. The minimum Gasteiger partial charge on any atom is -0.395 e. The zero-order chi connectivity index (χ0) is 10.9. The Morgan fingerprint density at radius 1 is 1.47 bits per heavy atom. The highest BCUT2D eigenvalue weighted by atomic mass is 19.1. The van der Waals surface area contributed by atoms with E-state index < -0.39 is 5.82 Å². The maximum absolute atomic E-state index is 13.2. The molecule has 4 heteroatoms. The largest absolute Gasteiger partial charge is 0.395 e. The van der Waals surface area contributed by atoms with E-state index in [1.165, 1.54) is 6.07 Å². The molecule has 0 amide bonds. The lowest BCUT2D eigenvalue weighted by Gasteiger charge is -2.42. The third-order valence-electron chi connectivity index (χ3n) is 3.07. The predicted molar refractivity (Wildman–Crippen MR) is 58.1 cm³/mol. The number of hydrogen-bond donors (Lipinski definition) is 3. The van der Waals surface area contributed by atoms with E-state index in [4.69, 9.17) is 5.73 Å². The number of halogens is 1. The molecular weight excluding hydrogens is 195 g/mol. The van der Waals surface area contributed by atoms with Gasteiger partial charge in [0.25, 0.3) is 0 Å². The van der Waals surface area contributed by atoms with Crippen molar-refractivity contribution in [2.24, 2.45) is 0 Å². The lowest BCUT2D eigenvalue weighted by molar-refractivity contribution is 0.144. The number of aliphatic hydroxyl groups excluding tert-OH is 1. The molecule has 1 aromatic rings. The molecule has 1 saturated carbocycles. The average Bonchev–Trinajstić information content (AvgIpc) is 2.18. The summed E-state index contributed by atoms with van der Waals surface area (Å²) in [5.74, 6) is -0.424. The highest BCUT2D eigenvalue weighted by Gasteiger charge is 2.36. The van der Waals surface area contributed by atoms with Gasteiger partial charge >= 0.3 is 0 Å². The topological polar surface area (TPSA) is 58.3 Å². The fourth-order valence-corrected chi connectivity index (χ4v) is 1.86. The van der Waals surface area contributed by atoms with Crippen molar-refractivity contribution in [1.82, 2.24) is 0 Å². The van der Waals surface area contributed by atoms with Crippen molar-refractivity contribution >= 4 is 11.4 Å². The number of rotatable bonds is 3. The number of nitrogen functional groups attached to an aromatic ring is 1. The third-order valence-corrected chi connectivity index (χ3v) is 3.07. The van der Waals surface area contributed by atoms with Crippen LogP contribution in [0.15, 0.2) is 18.2 Å². The molecule has 1 aliphatic rings. The van der Waals surface area contributed by atoms with Crippen LogP contribution in [0.4, 0.5) is 15.8 Å². The number of nitrogens with one attached hydrogen (secondary N) is 1. The maximum Gasteiger partial charge on any atom is 0.148 e. The Morgan fingerprint density at radius 3 is 2.73 bits per heavy atom. The zero-order valence-corrected chi connectivity index (χ0v) is 8.46. The van der Waals surface area contributed by atoms with Crippen LogP contribution < -0.4 is 11.1 Å². The van der Waals surface area contributed by atoms with E-state index in [1.807, 2.05) is 0 Å². The van der Waals surface area contributed by atoms with Gasteiger partial charge in [-0.1, -0.05) is 6.07 Å². The Kier molecular flexibility index (Phi) is 2.52. The first-order chi connectivity index (χ1) is 7.17. The minimum atomic E-state index is -0.424. The number of para-hydroxylation sites is 1. The standard InChI is InChI=1S/C11H15FN2O/c12-8-3-1-4-9(10(8)13)14-11(7-15)5-2-6-11/h1,3-4,14-15H,2,5-7,13H2. The minimum absolute atomic E-state index is 0.0585. The quantitative estimate of drug-likeness (QED) is 0.666. The molecule has 15 heavy (non-hydrogen) atoms. The van der Waals surface area contributed by atoms with Gasteiger partial charge < -0.3 is 16.2 Å². The first kappa shape index (κ1) is 10.2. The van der Waals surface area contributed by atoms with Gasteiger partial charge in [-0.05, 0) is 31.4 Å². The van der Waals surface area contributed by atoms with Crippen LogP contribution in [0.25, 0.3) is 0 Å². The van der Waals surface area contributed by atoms with Crippen molar-refractivity contribution in [3.8, 4) is 0 Å². The molecule has 3 nitrogen and oxygen atoms in total. The zero-order valence-electron chi connectivity index (χ0n) is 8.46. The van der Waals surface area contributed by atoms with Crippen LogP contribution in [0.2, 0.25) is 0 Å². The van der Waals surface area contributed by atoms with Crippen molar-refractivity contribution in [2.45, 2.75) is 24.8 Å². The third kappa shape index (κ3) is 1.77. The molecule has 82 valence electrons. The molecule has 2 rings (SSSR count). The summed E-state index contributed by atoms with van der Waals surface area (Å²) in [6.07, 6.45) is 2.89. The summed E-state index contributed by atoms with van der Waals surface area (Å²) in [7, 11) is 0. The molecule has 0 aliphatic heterocycles. The second-order valence-corrected chi connectivity index (χ2v) is 4.12. The number of anilines is 2. The molecule has 1 fully saturated rings. The molecule has 0 saturated heterocycles. The maximum atomic E-state index is 13.2. The van der Waals surface area contributed by atoms with Gasteiger partial charge in [0.1, 0.15) is 5.82 Å². The molecule has 0 heterocycles. The van der Waals surface area contributed by atoms with Crippen LogP contribution in [0.3, 0.4) is 0 Å². The van der Waals surface area contributed by atoms with Gasteiger partial charge in [0, 0.05) is 0 Å². The van der Waals surface area contributed by atoms with Gasteiger partial charge in [0.05, 0.1) is 23.5 Å². The molecule has 0 spiro atoms. The molecule has 0 radical (unpaired) electrons. The second kappa shape index (κ2) is 3.70. The Hall–Kier alpha value is -1.29. The van der Waals surface area contributed by atoms with Crippen LogP contribution in [-0.4, -0.2) is 17.3 Å². The Bertz CT molecular complexity index is 358. The van der Waals surface area contributed by atoms with Gasteiger partial charge in [0.2, 0.25) is 0 Å². The Morgan fingerprint density at radius 2 is 2.20 bits per heavy atom. The summed E-state index contributed by atoms with van der Waals surface area (Å²) < 4.78 is 13.2. The van der Waals surface area contributed by atoms with Gasteiger partial charge in [-0.25, -0.2) is 4.39 Å². The van der Waals surface area contributed by atoms with Crippen molar-refractivity contribution in [3.63, 3.8) is 0 Å². The van der Waals surface area contributed by atoms with E-state index in [1.54, 1.807) is 12.1 Å². The van der Waals surface area contributed by atoms with Crippen LogP contribution in [0.1, 0.15) is 19.3 Å². The van der Waals surface area contributed by atoms with E-state index in [9.17, 15) is 9.50 Å². The number of aliphatic hydroxyl groups is 1. The molecular formula is C11H15FN2O. The van der Waals surface area contributed by atoms with Gasteiger partial charge in [-0.2, -0.15) is 0 Å². The van der Waals surface area contributed by atoms with Gasteiger partial charge in [-0.15, -0.1) is 0 Å². The number of benzene rings is 1. The average molecular weight is 210 g/mol. The molecule has 1 aliphatic carbocycles. The molecule has 0 unspecified atom stereocenters. The van der Waals surface area contributed by atoms with Crippen molar-refractivity contribution in [3.05, 3.63) is 24.0 Å². The summed E-state index contributed by atoms with van der Waals surface area (Å²) in [4.78, 5) is 0. The van der Waals surface area contributed by atoms with Crippen LogP contribution in [0, 0.1) is 5.82 Å². The van der Waals surface area contributed by atoms with Crippen LogP contribution >= 0.6 is 0 Å². The van der Waals surface area contributed by atoms with E-state index in [2.05, 4.69) is 5.32 Å². The highest BCUT2D eigenvalue weighted by molar-refractivity contribution is 5.67. The fraction of sp³-hybridized carbons (Fsp3) is 0.455. The number of hydrogen-bond acceptors (Lipinski definition) is 3. The first-order valence-corrected chi connectivity index (χ1v) is 5.10. The summed E-state index contributed by atoms with van der Waals surface area (Å²) in [5.41, 5.74) is 6.01. The van der Waals surface area contributed by atoms with E-state index in [0.29, 0.717) is 5.69 Å². The lowest BCUT2D eigenvalue weighted by Crippen LogP contribution is -2.48. The predicted octanol–water partition coefficient (Wildman–Crippen LogP) is 1.73. The number of nitrogens with two attached hydrogens (primary N) is 1. The Labute approximate surface area is 88.1 Å². The lowest BCUT2D eigenvalue weighted by atomic mass is 9.77. The molecule has 0 aromatic heterocycles. The van der Waals surface area contributed by atoms with Crippen molar-refractivity contribution < 1.29 is 9.50 Å². The van der Waals surface area contributed by atoms with Crippen molar-refractivity contribution in [2.75, 3.05) is 17.7 Å². The highest BCUT2D eigenvalue weighted by Crippen LogP contribution is 2.36. The first-order valence-electron chi connectivity index (χ1n) is 5.10. The van der Waals surface area contributed by atoms with E-state index in [-0.39, 0.29) is 17.8 Å². The fourth-order valence-electron chi connectivity index (χ4n) is 1.86. The summed E-state index contributed by atoms with van der Waals surface area (Å²) in [6, 6.07) is 4.67. The van der Waals surface area contributed by atoms with E-state index in [0.717, 1.165) is 19.3 Å². The summed E-state index contributed by atoms with van der Waals surface area (Å²) in [6.45, 7) is 0.0585. The Balaban J connectivity index is 2.20. The molecule has 4 N–H and O–H groups in total.